The zero-order valence-corrected chi connectivity index (χ0v) is 18.8. The van der Waals surface area contributed by atoms with Crippen molar-refractivity contribution in [2.24, 2.45) is 5.92 Å². The van der Waals surface area contributed by atoms with Crippen molar-refractivity contribution in [3.05, 3.63) is 64.4 Å². The first kappa shape index (κ1) is 22.6. The van der Waals surface area contributed by atoms with Crippen LogP contribution in [0.25, 0.3) is 16.6 Å². The van der Waals surface area contributed by atoms with Crippen molar-refractivity contribution in [2.45, 2.75) is 44.8 Å². The minimum absolute atomic E-state index is 0.0879. The Morgan fingerprint density at radius 2 is 1.84 bits per heavy atom. The lowest BCUT2D eigenvalue weighted by atomic mass is 10.0. The van der Waals surface area contributed by atoms with Gasteiger partial charge in [0.05, 0.1) is 34.0 Å². The van der Waals surface area contributed by atoms with Crippen LogP contribution in [-0.2, 0) is 4.79 Å². The van der Waals surface area contributed by atoms with Gasteiger partial charge in [-0.3, -0.25) is 14.2 Å². The first-order valence-corrected chi connectivity index (χ1v) is 11.3. The Morgan fingerprint density at radius 3 is 2.52 bits per heavy atom. The monoisotopic (exact) mass is 434 g/mol. The van der Waals surface area contributed by atoms with Crippen molar-refractivity contribution in [2.75, 3.05) is 5.75 Å². The number of nitriles is 1. The van der Waals surface area contributed by atoms with E-state index in [0.717, 1.165) is 12.8 Å². The van der Waals surface area contributed by atoms with Gasteiger partial charge in [-0.1, -0.05) is 37.7 Å². The Balaban J connectivity index is 1.87. The van der Waals surface area contributed by atoms with Gasteiger partial charge in [0.25, 0.3) is 5.56 Å². The Kier molecular flexibility index (Phi) is 7.48. The number of nitrogens with zero attached hydrogens (tertiary/aromatic N) is 3. The van der Waals surface area contributed by atoms with Gasteiger partial charge in [0.1, 0.15) is 0 Å². The van der Waals surface area contributed by atoms with Crippen molar-refractivity contribution >= 4 is 28.6 Å². The van der Waals surface area contributed by atoms with Gasteiger partial charge in [0, 0.05) is 6.04 Å². The molecule has 0 radical (unpaired) electrons. The number of carbonyl (C=O) groups excluding carboxylic acids is 1. The molecule has 1 N–H and O–H groups in total. The highest BCUT2D eigenvalue weighted by atomic mass is 32.2. The molecule has 7 heteroatoms. The van der Waals surface area contributed by atoms with Gasteiger partial charge in [-0.15, -0.1) is 0 Å². The van der Waals surface area contributed by atoms with Gasteiger partial charge >= 0.3 is 0 Å². The molecule has 0 aliphatic carbocycles. The SMILES string of the molecule is CC(C)CCC(C)NC(=O)CSc1nc2ccccc2c(=O)n1-c1ccc(C#N)cc1. The number of amides is 1. The van der Waals surface area contributed by atoms with Crippen LogP contribution in [-0.4, -0.2) is 27.3 Å². The summed E-state index contributed by atoms with van der Waals surface area (Å²) in [6, 6.07) is 16.1. The molecular weight excluding hydrogens is 408 g/mol. The Bertz CT molecular complexity index is 1160. The molecule has 0 saturated carbocycles. The molecule has 1 amide bonds. The summed E-state index contributed by atoms with van der Waals surface area (Å²) >= 11 is 1.23. The first-order valence-electron chi connectivity index (χ1n) is 10.3. The Hall–Kier alpha value is -3.11. The number of aromatic nitrogens is 2. The van der Waals surface area contributed by atoms with E-state index in [1.165, 1.54) is 16.3 Å². The highest BCUT2D eigenvalue weighted by molar-refractivity contribution is 7.99. The van der Waals surface area contributed by atoms with E-state index >= 15 is 0 Å². The van der Waals surface area contributed by atoms with Crippen LogP contribution in [0.15, 0.2) is 58.5 Å². The summed E-state index contributed by atoms with van der Waals surface area (Å²) in [5, 5.41) is 13.0. The fraction of sp³-hybridized carbons (Fsp3) is 0.333. The highest BCUT2D eigenvalue weighted by Gasteiger charge is 2.16. The maximum absolute atomic E-state index is 13.2. The second-order valence-electron chi connectivity index (χ2n) is 7.94. The normalized spacial score (nSPS) is 12.0. The zero-order valence-electron chi connectivity index (χ0n) is 18.0. The molecule has 1 aromatic heterocycles. The first-order chi connectivity index (χ1) is 14.9. The predicted molar refractivity (Wildman–Crippen MR) is 124 cm³/mol. The lowest BCUT2D eigenvalue weighted by Crippen LogP contribution is -2.34. The summed E-state index contributed by atoms with van der Waals surface area (Å²) in [6.07, 6.45) is 1.98. The van der Waals surface area contributed by atoms with Crippen molar-refractivity contribution < 1.29 is 4.79 Å². The average molecular weight is 435 g/mol. The van der Waals surface area contributed by atoms with Gasteiger partial charge in [0.15, 0.2) is 5.16 Å². The molecule has 160 valence electrons. The minimum Gasteiger partial charge on any atom is -0.353 e. The molecule has 2 aromatic carbocycles. The maximum Gasteiger partial charge on any atom is 0.266 e. The molecule has 0 saturated heterocycles. The smallest absolute Gasteiger partial charge is 0.266 e. The maximum atomic E-state index is 13.2. The van der Waals surface area contributed by atoms with E-state index in [-0.39, 0.29) is 23.3 Å². The van der Waals surface area contributed by atoms with Crippen LogP contribution in [0.1, 0.15) is 39.2 Å². The van der Waals surface area contributed by atoms with Crippen LogP contribution in [0, 0.1) is 17.2 Å². The molecule has 31 heavy (non-hydrogen) atoms. The standard InChI is InChI=1S/C24H26N4O2S/c1-16(2)8-9-17(3)26-22(29)15-31-24-27-21-7-5-4-6-20(21)23(30)28(24)19-12-10-18(14-25)11-13-19/h4-7,10-13,16-17H,8-9,15H2,1-3H3,(H,26,29). The van der Waals surface area contributed by atoms with Crippen molar-refractivity contribution in [1.82, 2.24) is 14.9 Å². The van der Waals surface area contributed by atoms with E-state index in [4.69, 9.17) is 5.26 Å². The topological polar surface area (TPSA) is 87.8 Å². The van der Waals surface area contributed by atoms with Crippen LogP contribution in [0.4, 0.5) is 0 Å². The van der Waals surface area contributed by atoms with Crippen LogP contribution in [0.5, 0.6) is 0 Å². The zero-order chi connectivity index (χ0) is 22.4. The molecule has 3 rings (SSSR count). The summed E-state index contributed by atoms with van der Waals surface area (Å²) in [6.45, 7) is 6.34. The molecule has 0 spiro atoms. The van der Waals surface area contributed by atoms with Crippen molar-refractivity contribution in [1.29, 1.82) is 5.26 Å². The number of carbonyl (C=O) groups is 1. The second-order valence-corrected chi connectivity index (χ2v) is 8.88. The number of hydrogen-bond acceptors (Lipinski definition) is 5. The van der Waals surface area contributed by atoms with Gasteiger partial charge in [-0.05, 0) is 62.1 Å². The molecule has 1 unspecified atom stereocenters. The van der Waals surface area contributed by atoms with E-state index in [1.807, 2.05) is 13.0 Å². The molecule has 3 aromatic rings. The lowest BCUT2D eigenvalue weighted by Gasteiger charge is -2.16. The highest BCUT2D eigenvalue weighted by Crippen LogP contribution is 2.21. The summed E-state index contributed by atoms with van der Waals surface area (Å²) in [5.41, 5.74) is 1.50. The summed E-state index contributed by atoms with van der Waals surface area (Å²) < 4.78 is 1.50. The van der Waals surface area contributed by atoms with Gasteiger partial charge < -0.3 is 5.32 Å². The van der Waals surface area contributed by atoms with E-state index in [2.05, 4.69) is 30.2 Å². The number of hydrogen-bond donors (Lipinski definition) is 1. The van der Waals surface area contributed by atoms with Gasteiger partial charge in [0.2, 0.25) is 5.91 Å². The predicted octanol–water partition coefficient (Wildman–Crippen LogP) is 4.29. The quantitative estimate of drug-likeness (QED) is 0.422. The second kappa shape index (κ2) is 10.3. The van der Waals surface area contributed by atoms with E-state index in [0.29, 0.717) is 33.2 Å². The number of fused-ring (bicyclic) bond motifs is 1. The van der Waals surface area contributed by atoms with Gasteiger partial charge in [-0.2, -0.15) is 5.26 Å². The van der Waals surface area contributed by atoms with E-state index < -0.39 is 0 Å². The van der Waals surface area contributed by atoms with Crippen LogP contribution < -0.4 is 10.9 Å². The van der Waals surface area contributed by atoms with E-state index in [9.17, 15) is 9.59 Å². The third kappa shape index (κ3) is 5.74. The van der Waals surface area contributed by atoms with Crippen LogP contribution in [0.3, 0.4) is 0 Å². The molecule has 0 aliphatic heterocycles. The Labute approximate surface area is 186 Å². The van der Waals surface area contributed by atoms with Crippen LogP contribution in [0.2, 0.25) is 0 Å². The minimum atomic E-state index is -0.205. The molecule has 0 aliphatic rings. The third-order valence-electron chi connectivity index (χ3n) is 4.92. The Morgan fingerprint density at radius 1 is 1.13 bits per heavy atom. The number of benzene rings is 2. The van der Waals surface area contributed by atoms with E-state index in [1.54, 1.807) is 42.5 Å². The van der Waals surface area contributed by atoms with Crippen molar-refractivity contribution in [3.63, 3.8) is 0 Å². The van der Waals surface area contributed by atoms with Gasteiger partial charge in [-0.25, -0.2) is 4.98 Å². The average Bonchev–Trinajstić information content (AvgIpc) is 2.76. The lowest BCUT2D eigenvalue weighted by molar-refractivity contribution is -0.119. The van der Waals surface area contributed by atoms with Crippen molar-refractivity contribution in [3.8, 4) is 11.8 Å². The number of rotatable bonds is 8. The number of thioether (sulfide) groups is 1. The molecule has 0 bridgehead atoms. The fourth-order valence-corrected chi connectivity index (χ4v) is 4.05. The number of nitrogens with one attached hydrogen (secondary N) is 1. The summed E-state index contributed by atoms with van der Waals surface area (Å²) in [5.74, 6) is 0.667. The molecule has 6 nitrogen and oxygen atoms in total. The molecule has 1 atom stereocenters. The fourth-order valence-electron chi connectivity index (χ4n) is 3.22. The van der Waals surface area contributed by atoms with Crippen LogP contribution >= 0.6 is 11.8 Å². The molecule has 1 heterocycles. The number of para-hydroxylation sites is 1. The molecule has 0 fully saturated rings. The largest absolute Gasteiger partial charge is 0.353 e. The summed E-state index contributed by atoms with van der Waals surface area (Å²) in [4.78, 5) is 30.3. The molecular formula is C24H26N4O2S. The third-order valence-corrected chi connectivity index (χ3v) is 5.85. The summed E-state index contributed by atoms with van der Waals surface area (Å²) in [7, 11) is 0.